The van der Waals surface area contributed by atoms with Crippen molar-refractivity contribution in [2.24, 2.45) is 0 Å². The maximum atomic E-state index is 12.1. The zero-order chi connectivity index (χ0) is 20.2. The molecule has 0 atom stereocenters. The lowest BCUT2D eigenvalue weighted by Crippen LogP contribution is -2.22. The Kier molecular flexibility index (Phi) is 6.59. The minimum Gasteiger partial charge on any atom is -0.452 e. The number of halogens is 1. The largest absolute Gasteiger partial charge is 0.452 e. The van der Waals surface area contributed by atoms with Gasteiger partial charge in [0.05, 0.1) is 21.2 Å². The number of ether oxygens (including phenoxy) is 1. The summed E-state index contributed by atoms with van der Waals surface area (Å²) in [5.74, 6) is -1.37. The molecule has 0 spiro atoms. The van der Waals surface area contributed by atoms with Crippen molar-refractivity contribution in [2.45, 2.75) is 18.7 Å². The predicted octanol–water partition coefficient (Wildman–Crippen LogP) is 2.66. The van der Waals surface area contributed by atoms with E-state index in [2.05, 4.69) is 10.0 Å². The van der Waals surface area contributed by atoms with Gasteiger partial charge in [-0.3, -0.25) is 4.79 Å². The second-order valence-corrected chi connectivity index (χ2v) is 8.09. The molecule has 2 rings (SSSR count). The van der Waals surface area contributed by atoms with E-state index in [1.54, 1.807) is 13.0 Å². The van der Waals surface area contributed by atoms with Gasteiger partial charge in [-0.05, 0) is 56.3 Å². The molecule has 2 aromatic rings. The topological polar surface area (TPSA) is 102 Å². The van der Waals surface area contributed by atoms with Gasteiger partial charge in [-0.1, -0.05) is 23.7 Å². The third-order valence-corrected chi connectivity index (χ3v) is 5.39. The lowest BCUT2D eigenvalue weighted by atomic mass is 10.1. The second-order valence-electron chi connectivity index (χ2n) is 5.80. The van der Waals surface area contributed by atoms with Gasteiger partial charge >= 0.3 is 5.97 Å². The quantitative estimate of drug-likeness (QED) is 0.713. The van der Waals surface area contributed by atoms with Crippen molar-refractivity contribution in [3.63, 3.8) is 0 Å². The van der Waals surface area contributed by atoms with Gasteiger partial charge < -0.3 is 10.1 Å². The Labute approximate surface area is 162 Å². The molecule has 0 fully saturated rings. The molecule has 2 N–H and O–H groups in total. The number of hydrogen-bond donors (Lipinski definition) is 2. The third-order valence-electron chi connectivity index (χ3n) is 3.68. The molecule has 0 radical (unpaired) electrons. The number of carbonyl (C=O) groups is 2. The van der Waals surface area contributed by atoms with Crippen molar-refractivity contribution in [1.29, 1.82) is 0 Å². The molecule has 0 aliphatic rings. The first kappa shape index (κ1) is 20.9. The summed E-state index contributed by atoms with van der Waals surface area (Å²) in [5.41, 5.74) is 2.21. The summed E-state index contributed by atoms with van der Waals surface area (Å²) in [4.78, 5) is 24.1. The van der Waals surface area contributed by atoms with Crippen LogP contribution in [0.5, 0.6) is 0 Å². The minimum atomic E-state index is -3.69. The summed E-state index contributed by atoms with van der Waals surface area (Å²) in [6.45, 7) is 3.15. The lowest BCUT2D eigenvalue weighted by molar-refractivity contribution is -0.119. The average molecular weight is 411 g/mol. The van der Waals surface area contributed by atoms with Crippen LogP contribution >= 0.6 is 11.6 Å². The number of hydrogen-bond acceptors (Lipinski definition) is 5. The van der Waals surface area contributed by atoms with Crippen molar-refractivity contribution in [1.82, 2.24) is 4.72 Å². The van der Waals surface area contributed by atoms with E-state index in [-0.39, 0.29) is 10.5 Å². The maximum absolute atomic E-state index is 12.1. The first-order valence-electron chi connectivity index (χ1n) is 7.91. The number of nitrogens with one attached hydrogen (secondary N) is 2. The van der Waals surface area contributed by atoms with Crippen LogP contribution in [0.3, 0.4) is 0 Å². The van der Waals surface area contributed by atoms with Gasteiger partial charge in [0.1, 0.15) is 0 Å². The first-order valence-corrected chi connectivity index (χ1v) is 9.77. The van der Waals surface area contributed by atoms with Crippen LogP contribution in [0.2, 0.25) is 5.02 Å². The van der Waals surface area contributed by atoms with Crippen LogP contribution in [-0.4, -0.2) is 33.9 Å². The Morgan fingerprint density at radius 1 is 1.15 bits per heavy atom. The molecule has 2 aromatic carbocycles. The van der Waals surface area contributed by atoms with Crippen molar-refractivity contribution < 1.29 is 22.7 Å². The van der Waals surface area contributed by atoms with Crippen LogP contribution in [0, 0.1) is 13.8 Å². The fraction of sp³-hybridized carbons (Fsp3) is 0.222. The van der Waals surface area contributed by atoms with Crippen LogP contribution in [0.25, 0.3) is 0 Å². The number of amides is 1. The first-order chi connectivity index (χ1) is 12.6. The SMILES string of the molecule is CNS(=O)(=O)c1cccc(C(=O)OCC(=O)Nc2c(C)cc(C)cc2Cl)c1. The van der Waals surface area contributed by atoms with E-state index in [0.717, 1.165) is 11.1 Å². The van der Waals surface area contributed by atoms with Crippen molar-refractivity contribution >= 4 is 39.2 Å². The zero-order valence-corrected chi connectivity index (χ0v) is 16.6. The number of aryl methyl sites for hydroxylation is 2. The van der Waals surface area contributed by atoms with E-state index in [1.165, 1.54) is 31.3 Å². The highest BCUT2D eigenvalue weighted by atomic mass is 35.5. The molecule has 0 saturated heterocycles. The molecule has 144 valence electrons. The van der Waals surface area contributed by atoms with Crippen LogP contribution in [0.15, 0.2) is 41.3 Å². The standard InChI is InChI=1S/C18H19ClN2O5S/c1-11-7-12(2)17(15(19)8-11)21-16(22)10-26-18(23)13-5-4-6-14(9-13)27(24,25)20-3/h4-9,20H,10H2,1-3H3,(H,21,22). The van der Waals surface area contributed by atoms with E-state index < -0.39 is 28.5 Å². The third kappa shape index (κ3) is 5.29. The highest BCUT2D eigenvalue weighted by Gasteiger charge is 2.16. The van der Waals surface area contributed by atoms with E-state index in [9.17, 15) is 18.0 Å². The van der Waals surface area contributed by atoms with E-state index >= 15 is 0 Å². The molecule has 0 aliphatic carbocycles. The number of esters is 1. The van der Waals surface area contributed by atoms with Gasteiger partial charge in [0.25, 0.3) is 5.91 Å². The summed E-state index contributed by atoms with van der Waals surface area (Å²) in [6, 6.07) is 8.90. The molecule has 7 nitrogen and oxygen atoms in total. The van der Waals surface area contributed by atoms with Crippen LogP contribution < -0.4 is 10.0 Å². The Bertz CT molecular complexity index is 966. The Morgan fingerprint density at radius 3 is 2.48 bits per heavy atom. The molecule has 0 aliphatic heterocycles. The van der Waals surface area contributed by atoms with Gasteiger partial charge in [0.2, 0.25) is 10.0 Å². The number of anilines is 1. The molecule has 1 amide bonds. The smallest absolute Gasteiger partial charge is 0.338 e. The predicted molar refractivity (Wildman–Crippen MR) is 103 cm³/mol. The molecule has 9 heteroatoms. The molecular formula is C18H19ClN2O5S. The fourth-order valence-corrected chi connectivity index (χ4v) is 3.52. The summed E-state index contributed by atoms with van der Waals surface area (Å²) in [6.07, 6.45) is 0. The molecule has 27 heavy (non-hydrogen) atoms. The van der Waals surface area contributed by atoms with Gasteiger partial charge in [-0.15, -0.1) is 0 Å². The summed E-state index contributed by atoms with van der Waals surface area (Å²) in [5, 5.41) is 2.99. The number of sulfonamides is 1. The van der Waals surface area contributed by atoms with Crippen LogP contribution in [-0.2, 0) is 19.6 Å². The number of rotatable bonds is 6. The van der Waals surface area contributed by atoms with Crippen molar-refractivity contribution in [2.75, 3.05) is 19.0 Å². The van der Waals surface area contributed by atoms with Gasteiger partial charge in [-0.25, -0.2) is 17.9 Å². The summed E-state index contributed by atoms with van der Waals surface area (Å²) in [7, 11) is -2.42. The Balaban J connectivity index is 2.04. The molecule has 0 aromatic heterocycles. The van der Waals surface area contributed by atoms with E-state index in [1.807, 2.05) is 13.0 Å². The number of benzene rings is 2. The fourth-order valence-electron chi connectivity index (χ4n) is 2.37. The molecule has 0 heterocycles. The van der Waals surface area contributed by atoms with Gasteiger partial charge in [-0.2, -0.15) is 0 Å². The maximum Gasteiger partial charge on any atom is 0.338 e. The normalized spacial score (nSPS) is 11.1. The minimum absolute atomic E-state index is 0.0173. The number of carbonyl (C=O) groups excluding carboxylic acids is 2. The molecular weight excluding hydrogens is 392 g/mol. The molecule has 0 saturated carbocycles. The lowest BCUT2D eigenvalue weighted by Gasteiger charge is -2.12. The van der Waals surface area contributed by atoms with Crippen molar-refractivity contribution in [3.8, 4) is 0 Å². The average Bonchev–Trinajstić information content (AvgIpc) is 2.62. The van der Waals surface area contributed by atoms with Crippen LogP contribution in [0.1, 0.15) is 21.5 Å². The van der Waals surface area contributed by atoms with E-state index in [0.29, 0.717) is 10.7 Å². The van der Waals surface area contributed by atoms with Crippen molar-refractivity contribution in [3.05, 3.63) is 58.1 Å². The Morgan fingerprint density at radius 2 is 1.85 bits per heavy atom. The molecule has 0 unspecified atom stereocenters. The highest BCUT2D eigenvalue weighted by Crippen LogP contribution is 2.27. The van der Waals surface area contributed by atoms with Gasteiger partial charge in [0.15, 0.2) is 6.61 Å². The monoisotopic (exact) mass is 410 g/mol. The summed E-state index contributed by atoms with van der Waals surface area (Å²) < 4.78 is 30.7. The second kappa shape index (κ2) is 8.51. The van der Waals surface area contributed by atoms with E-state index in [4.69, 9.17) is 16.3 Å². The highest BCUT2D eigenvalue weighted by molar-refractivity contribution is 7.89. The summed E-state index contributed by atoms with van der Waals surface area (Å²) >= 11 is 6.13. The van der Waals surface area contributed by atoms with Gasteiger partial charge in [0, 0.05) is 0 Å². The van der Waals surface area contributed by atoms with Crippen LogP contribution in [0.4, 0.5) is 5.69 Å². The molecule has 0 bridgehead atoms. The Hall–Kier alpha value is -2.42. The zero-order valence-electron chi connectivity index (χ0n) is 15.0.